The number of hydrogen-bond donors (Lipinski definition) is 2. The molecule has 0 aliphatic heterocycles. The Bertz CT molecular complexity index is 515. The van der Waals surface area contributed by atoms with Gasteiger partial charge in [-0.05, 0) is 26.0 Å². The summed E-state index contributed by atoms with van der Waals surface area (Å²) < 4.78 is 5.77. The normalized spacial score (nSPS) is 12.5. The zero-order valence-corrected chi connectivity index (χ0v) is 11.4. The van der Waals surface area contributed by atoms with E-state index in [1.54, 1.807) is 0 Å². The van der Waals surface area contributed by atoms with Crippen LogP contribution in [0.15, 0.2) is 34.7 Å². The van der Waals surface area contributed by atoms with Gasteiger partial charge in [0.15, 0.2) is 0 Å². The molecule has 2 rings (SSSR count). The van der Waals surface area contributed by atoms with Crippen LogP contribution in [0.2, 0.25) is 0 Å². The molecule has 1 atom stereocenters. The first kappa shape index (κ1) is 13.6. The van der Waals surface area contributed by atoms with Gasteiger partial charge in [0.1, 0.15) is 11.3 Å². The standard InChI is InChI=1S/C15H20N2O2/c1-3-16-15(18)8-9-17-11(2)14-10-12-6-4-5-7-13(12)19-14/h4-7,10-11,17H,3,8-9H2,1-2H3,(H,16,18). The van der Waals surface area contributed by atoms with Gasteiger partial charge in [-0.2, -0.15) is 0 Å². The minimum absolute atomic E-state index is 0.0757. The summed E-state index contributed by atoms with van der Waals surface area (Å²) in [6.07, 6.45) is 0.485. The van der Waals surface area contributed by atoms with Gasteiger partial charge in [-0.15, -0.1) is 0 Å². The third-order valence-electron chi connectivity index (χ3n) is 3.05. The summed E-state index contributed by atoms with van der Waals surface area (Å²) in [6.45, 7) is 5.28. The summed E-state index contributed by atoms with van der Waals surface area (Å²) in [4.78, 5) is 11.3. The fraction of sp³-hybridized carbons (Fsp3) is 0.400. The Balaban J connectivity index is 1.89. The van der Waals surface area contributed by atoms with Crippen molar-refractivity contribution in [2.24, 2.45) is 0 Å². The molecule has 2 aromatic rings. The predicted octanol–water partition coefficient (Wildman–Crippen LogP) is 2.61. The molecule has 0 aliphatic rings. The zero-order valence-electron chi connectivity index (χ0n) is 11.4. The van der Waals surface area contributed by atoms with Gasteiger partial charge in [-0.1, -0.05) is 18.2 Å². The van der Waals surface area contributed by atoms with Gasteiger partial charge in [0.05, 0.1) is 6.04 Å². The van der Waals surface area contributed by atoms with Crippen LogP contribution in [-0.2, 0) is 4.79 Å². The molecule has 1 aromatic carbocycles. The number of fused-ring (bicyclic) bond motifs is 1. The number of hydrogen-bond acceptors (Lipinski definition) is 3. The Hall–Kier alpha value is -1.81. The molecule has 4 nitrogen and oxygen atoms in total. The van der Waals surface area contributed by atoms with Crippen LogP contribution >= 0.6 is 0 Å². The molecule has 1 aromatic heterocycles. The van der Waals surface area contributed by atoms with Crippen LogP contribution in [0.1, 0.15) is 32.1 Å². The molecule has 0 saturated heterocycles. The van der Waals surface area contributed by atoms with Crippen molar-refractivity contribution < 1.29 is 9.21 Å². The van der Waals surface area contributed by atoms with Crippen molar-refractivity contribution in [3.8, 4) is 0 Å². The van der Waals surface area contributed by atoms with Gasteiger partial charge in [-0.25, -0.2) is 0 Å². The van der Waals surface area contributed by atoms with E-state index < -0.39 is 0 Å². The third-order valence-corrected chi connectivity index (χ3v) is 3.05. The lowest BCUT2D eigenvalue weighted by Crippen LogP contribution is -2.28. The molecule has 0 radical (unpaired) electrons. The van der Waals surface area contributed by atoms with Crippen LogP contribution in [0, 0.1) is 0 Å². The smallest absolute Gasteiger partial charge is 0.221 e. The van der Waals surface area contributed by atoms with Crippen LogP contribution in [0.3, 0.4) is 0 Å². The molecule has 1 amide bonds. The number of benzene rings is 1. The average Bonchev–Trinajstić information content (AvgIpc) is 2.82. The molecule has 0 saturated carbocycles. The monoisotopic (exact) mass is 260 g/mol. The van der Waals surface area contributed by atoms with E-state index in [0.717, 1.165) is 16.7 Å². The van der Waals surface area contributed by atoms with Crippen molar-refractivity contribution in [1.29, 1.82) is 0 Å². The largest absolute Gasteiger partial charge is 0.459 e. The number of carbonyl (C=O) groups is 1. The topological polar surface area (TPSA) is 54.3 Å². The SMILES string of the molecule is CCNC(=O)CCNC(C)c1cc2ccccc2o1. The van der Waals surface area contributed by atoms with E-state index >= 15 is 0 Å². The van der Waals surface area contributed by atoms with Gasteiger partial charge in [0, 0.05) is 24.9 Å². The lowest BCUT2D eigenvalue weighted by molar-refractivity contribution is -0.120. The van der Waals surface area contributed by atoms with E-state index in [-0.39, 0.29) is 11.9 Å². The minimum Gasteiger partial charge on any atom is -0.459 e. The highest BCUT2D eigenvalue weighted by atomic mass is 16.3. The van der Waals surface area contributed by atoms with E-state index in [1.165, 1.54) is 0 Å². The molecule has 102 valence electrons. The quantitative estimate of drug-likeness (QED) is 0.839. The van der Waals surface area contributed by atoms with E-state index in [9.17, 15) is 4.79 Å². The fourth-order valence-electron chi connectivity index (χ4n) is 2.00. The van der Waals surface area contributed by atoms with E-state index in [2.05, 4.69) is 10.6 Å². The highest BCUT2D eigenvalue weighted by Crippen LogP contribution is 2.23. The summed E-state index contributed by atoms with van der Waals surface area (Å²) in [7, 11) is 0. The van der Waals surface area contributed by atoms with Crippen molar-refractivity contribution in [1.82, 2.24) is 10.6 Å². The van der Waals surface area contributed by atoms with Crippen LogP contribution in [0.4, 0.5) is 0 Å². The Morgan fingerprint density at radius 1 is 1.37 bits per heavy atom. The van der Waals surface area contributed by atoms with Crippen LogP contribution in [-0.4, -0.2) is 19.0 Å². The van der Waals surface area contributed by atoms with Gasteiger partial charge in [-0.3, -0.25) is 4.79 Å². The van der Waals surface area contributed by atoms with E-state index in [4.69, 9.17) is 4.42 Å². The summed E-state index contributed by atoms with van der Waals surface area (Å²) in [5.41, 5.74) is 0.898. The second-order valence-corrected chi connectivity index (χ2v) is 4.57. The molecule has 4 heteroatoms. The highest BCUT2D eigenvalue weighted by molar-refractivity contribution is 5.77. The first-order valence-corrected chi connectivity index (χ1v) is 6.69. The van der Waals surface area contributed by atoms with Gasteiger partial charge in [0.25, 0.3) is 0 Å². The van der Waals surface area contributed by atoms with Crippen LogP contribution < -0.4 is 10.6 Å². The number of para-hydroxylation sites is 1. The Labute approximate surface area is 113 Å². The molecular formula is C15H20N2O2. The molecule has 2 N–H and O–H groups in total. The zero-order chi connectivity index (χ0) is 13.7. The minimum atomic E-state index is 0.0757. The average molecular weight is 260 g/mol. The van der Waals surface area contributed by atoms with Crippen molar-refractivity contribution in [3.63, 3.8) is 0 Å². The van der Waals surface area contributed by atoms with Crippen molar-refractivity contribution >= 4 is 16.9 Å². The number of carbonyl (C=O) groups excluding carboxylic acids is 1. The second kappa shape index (κ2) is 6.38. The number of furan rings is 1. The first-order valence-electron chi connectivity index (χ1n) is 6.69. The Morgan fingerprint density at radius 2 is 2.16 bits per heavy atom. The molecule has 1 heterocycles. The van der Waals surface area contributed by atoms with Gasteiger partial charge >= 0.3 is 0 Å². The Kier molecular flexibility index (Phi) is 4.58. The maximum absolute atomic E-state index is 11.3. The predicted molar refractivity (Wildman–Crippen MR) is 75.9 cm³/mol. The molecule has 0 spiro atoms. The van der Waals surface area contributed by atoms with Crippen molar-refractivity contribution in [2.75, 3.05) is 13.1 Å². The van der Waals surface area contributed by atoms with Crippen LogP contribution in [0.5, 0.6) is 0 Å². The number of rotatable bonds is 6. The van der Waals surface area contributed by atoms with Crippen molar-refractivity contribution in [3.05, 3.63) is 36.1 Å². The number of nitrogens with one attached hydrogen (secondary N) is 2. The summed E-state index contributed by atoms with van der Waals surface area (Å²) in [5, 5.41) is 7.18. The summed E-state index contributed by atoms with van der Waals surface area (Å²) >= 11 is 0. The van der Waals surface area contributed by atoms with Crippen molar-refractivity contribution in [2.45, 2.75) is 26.3 Å². The molecule has 0 bridgehead atoms. The van der Waals surface area contributed by atoms with Gasteiger partial charge < -0.3 is 15.1 Å². The summed E-state index contributed by atoms with van der Waals surface area (Å²) in [5.74, 6) is 0.976. The molecule has 19 heavy (non-hydrogen) atoms. The number of amides is 1. The lowest BCUT2D eigenvalue weighted by Gasteiger charge is -2.10. The molecule has 0 aliphatic carbocycles. The molecular weight excluding hydrogens is 240 g/mol. The fourth-order valence-corrected chi connectivity index (χ4v) is 2.00. The maximum atomic E-state index is 11.3. The molecule has 0 fully saturated rings. The van der Waals surface area contributed by atoms with Gasteiger partial charge in [0.2, 0.25) is 5.91 Å². The first-order chi connectivity index (χ1) is 9.20. The molecule has 1 unspecified atom stereocenters. The maximum Gasteiger partial charge on any atom is 0.221 e. The highest BCUT2D eigenvalue weighted by Gasteiger charge is 2.11. The second-order valence-electron chi connectivity index (χ2n) is 4.57. The lowest BCUT2D eigenvalue weighted by atomic mass is 10.2. The van der Waals surface area contributed by atoms with Crippen LogP contribution in [0.25, 0.3) is 11.0 Å². The summed E-state index contributed by atoms with van der Waals surface area (Å²) in [6, 6.07) is 10.1. The van der Waals surface area contributed by atoms with E-state index in [0.29, 0.717) is 19.5 Å². The Morgan fingerprint density at radius 3 is 2.89 bits per heavy atom. The van der Waals surface area contributed by atoms with E-state index in [1.807, 2.05) is 44.2 Å². The third kappa shape index (κ3) is 3.58.